The molecule has 0 unspecified atom stereocenters. The summed E-state index contributed by atoms with van der Waals surface area (Å²) in [5.41, 5.74) is 3.78. The third-order valence-corrected chi connectivity index (χ3v) is 3.83. The fraction of sp³-hybridized carbons (Fsp3) is 0.267. The van der Waals surface area contributed by atoms with Crippen LogP contribution in [0.1, 0.15) is 30.7 Å². The first kappa shape index (κ1) is 10.7. The number of aromatic nitrogens is 1. The van der Waals surface area contributed by atoms with E-state index in [1.165, 1.54) is 30.4 Å². The molecule has 0 amide bonds. The molecule has 1 fully saturated rings. The van der Waals surface area contributed by atoms with Gasteiger partial charge in [-0.1, -0.05) is 42.9 Å². The van der Waals surface area contributed by atoms with E-state index in [0.717, 1.165) is 16.1 Å². The minimum Gasteiger partial charge on any atom is -0.361 e. The molecule has 1 aromatic carbocycles. The van der Waals surface area contributed by atoms with Gasteiger partial charge in [-0.25, -0.2) is 0 Å². The smallest absolute Gasteiger partial charge is 0.0467 e. The van der Waals surface area contributed by atoms with E-state index in [9.17, 15) is 0 Å². The maximum absolute atomic E-state index is 5.17. The highest BCUT2D eigenvalue weighted by molar-refractivity contribution is 7.71. The Bertz CT molecular complexity index is 564. The minimum atomic E-state index is 0.804. The normalized spacial score (nSPS) is 15.5. The van der Waals surface area contributed by atoms with Gasteiger partial charge >= 0.3 is 0 Å². The first-order valence-corrected chi connectivity index (χ1v) is 6.53. The number of hydrogen-bond acceptors (Lipinski definition) is 1. The second kappa shape index (κ2) is 4.46. The van der Waals surface area contributed by atoms with Crippen LogP contribution < -0.4 is 0 Å². The lowest BCUT2D eigenvalue weighted by molar-refractivity contribution is 0.420. The molecule has 3 rings (SSSR count). The second-order valence-corrected chi connectivity index (χ2v) is 5.16. The lowest BCUT2D eigenvalue weighted by atomic mass is 9.80. The predicted molar refractivity (Wildman–Crippen MR) is 73.7 cm³/mol. The van der Waals surface area contributed by atoms with Gasteiger partial charge in [0.25, 0.3) is 0 Å². The third kappa shape index (κ3) is 2.18. The van der Waals surface area contributed by atoms with Gasteiger partial charge < -0.3 is 4.98 Å². The number of nitrogens with one attached hydrogen (secondary N) is 1. The Balaban J connectivity index is 1.91. The summed E-state index contributed by atoms with van der Waals surface area (Å²) in [6.07, 6.45) is 6.00. The first-order valence-electron chi connectivity index (χ1n) is 6.12. The van der Waals surface area contributed by atoms with Crippen LogP contribution in [0.25, 0.3) is 11.3 Å². The van der Waals surface area contributed by atoms with Crippen molar-refractivity contribution in [2.75, 3.05) is 0 Å². The fourth-order valence-corrected chi connectivity index (χ4v) is 2.47. The Morgan fingerprint density at radius 1 is 1.06 bits per heavy atom. The molecular weight excluding hydrogens is 226 g/mol. The van der Waals surface area contributed by atoms with Crippen molar-refractivity contribution >= 4 is 12.2 Å². The lowest BCUT2D eigenvalue weighted by Gasteiger charge is -2.25. The van der Waals surface area contributed by atoms with Gasteiger partial charge in [-0.15, -0.1) is 0 Å². The molecule has 1 N–H and O–H groups in total. The predicted octanol–water partition coefficient (Wildman–Crippen LogP) is 4.68. The van der Waals surface area contributed by atoms with Gasteiger partial charge in [0.05, 0.1) is 0 Å². The topological polar surface area (TPSA) is 15.8 Å². The van der Waals surface area contributed by atoms with Crippen molar-refractivity contribution in [2.24, 2.45) is 0 Å². The van der Waals surface area contributed by atoms with E-state index in [-0.39, 0.29) is 0 Å². The average Bonchev–Trinajstić information content (AvgIpc) is 2.28. The van der Waals surface area contributed by atoms with Gasteiger partial charge in [0.1, 0.15) is 0 Å². The minimum absolute atomic E-state index is 0.804. The molecule has 0 atom stereocenters. The van der Waals surface area contributed by atoms with E-state index in [0.29, 0.717) is 0 Å². The van der Waals surface area contributed by atoms with Crippen LogP contribution in [-0.4, -0.2) is 4.98 Å². The van der Waals surface area contributed by atoms with Crippen LogP contribution in [0.2, 0.25) is 0 Å². The van der Waals surface area contributed by atoms with Crippen molar-refractivity contribution in [3.8, 4) is 11.3 Å². The molecule has 1 saturated carbocycles. The largest absolute Gasteiger partial charge is 0.361 e. The van der Waals surface area contributed by atoms with Gasteiger partial charge in [-0.05, 0) is 42.0 Å². The monoisotopic (exact) mass is 241 g/mol. The van der Waals surface area contributed by atoms with E-state index < -0.39 is 0 Å². The highest BCUT2D eigenvalue weighted by Gasteiger charge is 2.18. The van der Waals surface area contributed by atoms with Crippen LogP contribution >= 0.6 is 12.2 Å². The van der Waals surface area contributed by atoms with E-state index in [1.807, 2.05) is 18.3 Å². The molecule has 2 aromatic rings. The average molecular weight is 241 g/mol. The van der Waals surface area contributed by atoms with Gasteiger partial charge in [-0.2, -0.15) is 0 Å². The lowest BCUT2D eigenvalue weighted by Crippen LogP contribution is -2.08. The molecule has 17 heavy (non-hydrogen) atoms. The van der Waals surface area contributed by atoms with E-state index in [1.54, 1.807) is 0 Å². The van der Waals surface area contributed by atoms with E-state index >= 15 is 0 Å². The highest BCUT2D eigenvalue weighted by Crippen LogP contribution is 2.36. The fourth-order valence-electron chi connectivity index (χ4n) is 2.29. The van der Waals surface area contributed by atoms with Gasteiger partial charge in [-0.3, -0.25) is 0 Å². The molecule has 1 aliphatic carbocycles. The van der Waals surface area contributed by atoms with Gasteiger partial charge in [0.15, 0.2) is 0 Å². The number of pyridine rings is 1. The molecule has 1 aromatic heterocycles. The Hall–Kier alpha value is -1.41. The van der Waals surface area contributed by atoms with Crippen LogP contribution in [0, 0.1) is 4.51 Å². The van der Waals surface area contributed by atoms with Crippen molar-refractivity contribution in [2.45, 2.75) is 25.2 Å². The van der Waals surface area contributed by atoms with Crippen LogP contribution in [0.4, 0.5) is 0 Å². The molecule has 0 bridgehead atoms. The summed E-state index contributed by atoms with van der Waals surface area (Å²) in [5.74, 6) is 0.804. The zero-order chi connectivity index (χ0) is 11.7. The van der Waals surface area contributed by atoms with E-state index in [4.69, 9.17) is 12.2 Å². The molecule has 86 valence electrons. The SMILES string of the molecule is S=c1cc[nH]c(-c2ccc(C3CCC3)cc2)c1. The number of benzene rings is 1. The van der Waals surface area contributed by atoms with E-state index in [2.05, 4.69) is 29.2 Å². The molecule has 0 spiro atoms. The molecule has 0 aliphatic heterocycles. The van der Waals surface area contributed by atoms with Gasteiger partial charge in [0.2, 0.25) is 0 Å². The summed E-state index contributed by atoms with van der Waals surface area (Å²) in [6, 6.07) is 12.8. The summed E-state index contributed by atoms with van der Waals surface area (Å²) in [7, 11) is 0. The standard InChI is InChI=1S/C15H15NS/c17-14-8-9-16-15(10-14)13-6-4-12(5-7-13)11-2-1-3-11/h4-11H,1-3H2,(H,16,17). The maximum Gasteiger partial charge on any atom is 0.0467 e. The summed E-state index contributed by atoms with van der Waals surface area (Å²) in [5, 5.41) is 0. The summed E-state index contributed by atoms with van der Waals surface area (Å²) in [6.45, 7) is 0. The number of aromatic amines is 1. The number of H-pyrrole nitrogens is 1. The maximum atomic E-state index is 5.17. The third-order valence-electron chi connectivity index (χ3n) is 3.57. The molecule has 1 nitrogen and oxygen atoms in total. The van der Waals surface area contributed by atoms with Crippen LogP contribution in [0.5, 0.6) is 0 Å². The van der Waals surface area contributed by atoms with Crippen molar-refractivity contribution in [1.29, 1.82) is 0 Å². The number of rotatable bonds is 2. The zero-order valence-electron chi connectivity index (χ0n) is 9.65. The molecule has 2 heteroatoms. The van der Waals surface area contributed by atoms with Gasteiger partial charge in [0, 0.05) is 16.4 Å². The van der Waals surface area contributed by atoms with Crippen molar-refractivity contribution in [3.05, 3.63) is 52.7 Å². The number of hydrogen-bond donors (Lipinski definition) is 1. The van der Waals surface area contributed by atoms with Crippen LogP contribution in [0.3, 0.4) is 0 Å². The second-order valence-electron chi connectivity index (χ2n) is 4.69. The summed E-state index contributed by atoms with van der Waals surface area (Å²) >= 11 is 5.17. The molecule has 1 aliphatic rings. The Labute approximate surface area is 107 Å². The van der Waals surface area contributed by atoms with Crippen molar-refractivity contribution in [1.82, 2.24) is 4.98 Å². The van der Waals surface area contributed by atoms with Crippen LogP contribution in [-0.2, 0) is 0 Å². The Morgan fingerprint density at radius 2 is 1.82 bits per heavy atom. The van der Waals surface area contributed by atoms with Crippen LogP contribution in [0.15, 0.2) is 42.6 Å². The summed E-state index contributed by atoms with van der Waals surface area (Å²) in [4.78, 5) is 3.24. The Morgan fingerprint density at radius 3 is 2.41 bits per heavy atom. The Kier molecular flexibility index (Phi) is 2.81. The van der Waals surface area contributed by atoms with Crippen molar-refractivity contribution < 1.29 is 0 Å². The molecule has 0 saturated heterocycles. The summed E-state index contributed by atoms with van der Waals surface area (Å²) < 4.78 is 0.877. The molecule has 0 radical (unpaired) electrons. The first-order chi connectivity index (χ1) is 8.33. The molecule has 1 heterocycles. The van der Waals surface area contributed by atoms with Crippen molar-refractivity contribution in [3.63, 3.8) is 0 Å². The quantitative estimate of drug-likeness (QED) is 0.755. The molecular formula is C15H15NS. The highest BCUT2D eigenvalue weighted by atomic mass is 32.1. The zero-order valence-corrected chi connectivity index (χ0v) is 10.5.